The maximum Gasteiger partial charge on any atom is 0.294 e. The number of thioether (sulfide) groups is 1. The molecule has 29 heavy (non-hydrogen) atoms. The van der Waals surface area contributed by atoms with Crippen LogP contribution in [0.25, 0.3) is 6.08 Å². The molecule has 0 saturated carbocycles. The minimum Gasteiger partial charge on any atom is -0.493 e. The Hall–Kier alpha value is -2.95. The van der Waals surface area contributed by atoms with Gasteiger partial charge in [0.1, 0.15) is 12.4 Å². The third-order valence-corrected chi connectivity index (χ3v) is 5.13. The molecule has 0 radical (unpaired) electrons. The number of carbonyl (C=O) groups is 2. The highest BCUT2D eigenvalue weighted by molar-refractivity contribution is 8.18. The number of amides is 2. The molecule has 0 atom stereocenters. The first-order valence-corrected chi connectivity index (χ1v) is 9.56. The average molecular weight is 432 g/mol. The van der Waals surface area contributed by atoms with Crippen LogP contribution in [0.3, 0.4) is 0 Å². The van der Waals surface area contributed by atoms with Crippen molar-refractivity contribution in [1.29, 1.82) is 0 Å². The Bertz CT molecular complexity index is 1050. The van der Waals surface area contributed by atoms with Crippen LogP contribution in [-0.2, 0) is 11.4 Å². The molecule has 8 heteroatoms. The van der Waals surface area contributed by atoms with E-state index in [4.69, 9.17) is 27.5 Å². The van der Waals surface area contributed by atoms with Crippen LogP contribution in [-0.4, -0.2) is 29.7 Å². The fourth-order valence-corrected chi connectivity index (χ4v) is 3.74. The van der Waals surface area contributed by atoms with Gasteiger partial charge >= 0.3 is 0 Å². The highest BCUT2D eigenvalue weighted by Gasteiger charge is 2.34. The van der Waals surface area contributed by atoms with Gasteiger partial charge in [0.15, 0.2) is 11.5 Å². The molecule has 1 saturated heterocycles. The maximum absolute atomic E-state index is 13.3. The second-order valence-corrected chi connectivity index (χ2v) is 7.33. The SMILES string of the molecule is C#CCN1C(=O)S/C(=C\c2cc(Cl)c(OCc3cccc(F)c3)c(OC)c2)C1=O. The van der Waals surface area contributed by atoms with Crippen LogP contribution in [0, 0.1) is 18.2 Å². The summed E-state index contributed by atoms with van der Waals surface area (Å²) in [5.74, 6) is 2.09. The largest absolute Gasteiger partial charge is 0.493 e. The number of hydrogen-bond acceptors (Lipinski definition) is 5. The van der Waals surface area contributed by atoms with Gasteiger partial charge in [-0.05, 0) is 53.2 Å². The lowest BCUT2D eigenvalue weighted by Gasteiger charge is -2.13. The smallest absolute Gasteiger partial charge is 0.294 e. The highest BCUT2D eigenvalue weighted by Crippen LogP contribution is 2.39. The number of hydrogen-bond donors (Lipinski definition) is 0. The first kappa shape index (κ1) is 20.8. The predicted octanol–water partition coefficient (Wildman–Crippen LogP) is 4.74. The van der Waals surface area contributed by atoms with E-state index in [0.717, 1.165) is 16.7 Å². The maximum atomic E-state index is 13.3. The van der Waals surface area contributed by atoms with Crippen LogP contribution < -0.4 is 9.47 Å². The van der Waals surface area contributed by atoms with Gasteiger partial charge in [0, 0.05) is 0 Å². The standard InChI is InChI=1S/C21H15ClFNO4S/c1-3-7-24-20(25)18(29-21(24)26)11-14-9-16(22)19(17(10-14)27-2)28-12-13-5-4-6-15(23)8-13/h1,4-6,8-11H,7,12H2,2H3/b18-11-. The predicted molar refractivity (Wildman–Crippen MR) is 110 cm³/mol. The lowest BCUT2D eigenvalue weighted by atomic mass is 10.1. The number of benzene rings is 2. The fourth-order valence-electron chi connectivity index (χ4n) is 2.62. The summed E-state index contributed by atoms with van der Waals surface area (Å²) < 4.78 is 24.4. The molecule has 3 rings (SSSR count). The lowest BCUT2D eigenvalue weighted by Crippen LogP contribution is -2.28. The fraction of sp³-hybridized carbons (Fsp3) is 0.143. The topological polar surface area (TPSA) is 55.8 Å². The minimum atomic E-state index is -0.459. The Kier molecular flexibility index (Phi) is 6.47. The van der Waals surface area contributed by atoms with Gasteiger partial charge < -0.3 is 9.47 Å². The molecule has 0 bridgehead atoms. The van der Waals surface area contributed by atoms with Crippen molar-refractivity contribution in [1.82, 2.24) is 4.90 Å². The molecule has 0 aromatic heterocycles. The van der Waals surface area contributed by atoms with Crippen LogP contribution in [0.15, 0.2) is 41.3 Å². The van der Waals surface area contributed by atoms with Gasteiger partial charge in [-0.1, -0.05) is 29.7 Å². The molecular weight excluding hydrogens is 417 g/mol. The van der Waals surface area contributed by atoms with Crippen LogP contribution in [0.1, 0.15) is 11.1 Å². The molecule has 2 aromatic carbocycles. The number of halogens is 2. The third-order valence-electron chi connectivity index (χ3n) is 3.94. The molecular formula is C21H15ClFNO4S. The van der Waals surface area contributed by atoms with E-state index in [0.29, 0.717) is 16.9 Å². The van der Waals surface area contributed by atoms with Crippen molar-refractivity contribution in [3.63, 3.8) is 0 Å². The zero-order valence-corrected chi connectivity index (χ0v) is 16.8. The lowest BCUT2D eigenvalue weighted by molar-refractivity contribution is -0.122. The minimum absolute atomic E-state index is 0.0844. The normalized spacial score (nSPS) is 15.0. The summed E-state index contributed by atoms with van der Waals surface area (Å²) in [6.07, 6.45) is 6.72. The van der Waals surface area contributed by atoms with Crippen LogP contribution >= 0.6 is 23.4 Å². The van der Waals surface area contributed by atoms with Crippen molar-refractivity contribution in [2.24, 2.45) is 0 Å². The molecule has 1 aliphatic rings. The van der Waals surface area contributed by atoms with Gasteiger partial charge in [-0.3, -0.25) is 14.5 Å². The van der Waals surface area contributed by atoms with E-state index in [1.165, 1.54) is 25.3 Å². The highest BCUT2D eigenvalue weighted by atomic mass is 35.5. The molecule has 0 unspecified atom stereocenters. The number of ether oxygens (including phenoxy) is 2. The van der Waals surface area contributed by atoms with Gasteiger partial charge in [-0.15, -0.1) is 6.42 Å². The van der Waals surface area contributed by atoms with E-state index in [1.807, 2.05) is 0 Å². The Morgan fingerprint density at radius 3 is 2.79 bits per heavy atom. The third kappa shape index (κ3) is 4.73. The number of carbonyl (C=O) groups excluding carboxylic acids is 2. The summed E-state index contributed by atoms with van der Waals surface area (Å²) in [4.78, 5) is 25.4. The quantitative estimate of drug-likeness (QED) is 0.488. The van der Waals surface area contributed by atoms with Crippen molar-refractivity contribution in [3.8, 4) is 23.8 Å². The number of terminal acetylenes is 1. The van der Waals surface area contributed by atoms with E-state index in [2.05, 4.69) is 5.92 Å². The summed E-state index contributed by atoms with van der Waals surface area (Å²) >= 11 is 7.14. The molecule has 5 nitrogen and oxygen atoms in total. The first-order valence-electron chi connectivity index (χ1n) is 8.36. The molecule has 1 heterocycles. The van der Waals surface area contributed by atoms with Crippen molar-refractivity contribution in [3.05, 3.63) is 63.3 Å². The van der Waals surface area contributed by atoms with Crippen molar-refractivity contribution >= 4 is 40.6 Å². The van der Waals surface area contributed by atoms with Crippen molar-refractivity contribution in [2.75, 3.05) is 13.7 Å². The van der Waals surface area contributed by atoms with Crippen molar-refractivity contribution < 1.29 is 23.5 Å². The molecule has 1 aliphatic heterocycles. The van der Waals surface area contributed by atoms with E-state index in [1.54, 1.807) is 24.3 Å². The van der Waals surface area contributed by atoms with Gasteiger partial charge in [0.05, 0.1) is 23.6 Å². The summed E-state index contributed by atoms with van der Waals surface area (Å²) in [7, 11) is 1.45. The summed E-state index contributed by atoms with van der Waals surface area (Å²) in [6, 6.07) is 9.23. The first-order chi connectivity index (χ1) is 13.9. The zero-order valence-electron chi connectivity index (χ0n) is 15.3. The molecule has 148 valence electrons. The molecule has 0 N–H and O–H groups in total. The van der Waals surface area contributed by atoms with Gasteiger partial charge in [0.25, 0.3) is 11.1 Å². The molecule has 0 spiro atoms. The number of methoxy groups -OCH3 is 1. The van der Waals surface area contributed by atoms with Gasteiger partial charge in [-0.25, -0.2) is 4.39 Å². The molecule has 2 aromatic rings. The summed E-state index contributed by atoms with van der Waals surface area (Å²) in [6.45, 7) is 0.0110. The van der Waals surface area contributed by atoms with Crippen LogP contribution in [0.2, 0.25) is 5.02 Å². The van der Waals surface area contributed by atoms with Crippen LogP contribution in [0.4, 0.5) is 9.18 Å². The summed E-state index contributed by atoms with van der Waals surface area (Å²) in [5, 5.41) is -0.179. The average Bonchev–Trinajstić information content (AvgIpc) is 2.94. The van der Waals surface area contributed by atoms with E-state index in [-0.39, 0.29) is 34.6 Å². The number of imide groups is 1. The van der Waals surface area contributed by atoms with E-state index < -0.39 is 11.1 Å². The second-order valence-electron chi connectivity index (χ2n) is 5.92. The van der Waals surface area contributed by atoms with Gasteiger partial charge in [-0.2, -0.15) is 0 Å². The molecule has 2 amide bonds. The monoisotopic (exact) mass is 431 g/mol. The molecule has 0 aliphatic carbocycles. The Labute approximate surface area is 176 Å². The second kappa shape index (κ2) is 9.03. The van der Waals surface area contributed by atoms with Gasteiger partial charge in [0.2, 0.25) is 0 Å². The number of rotatable bonds is 6. The van der Waals surface area contributed by atoms with Crippen molar-refractivity contribution in [2.45, 2.75) is 6.61 Å². The Morgan fingerprint density at radius 2 is 2.10 bits per heavy atom. The summed E-state index contributed by atoms with van der Waals surface area (Å²) in [5.41, 5.74) is 1.19. The Morgan fingerprint density at radius 1 is 1.31 bits per heavy atom. The van der Waals surface area contributed by atoms with E-state index >= 15 is 0 Å². The zero-order chi connectivity index (χ0) is 21.0. The Balaban J connectivity index is 1.84. The number of nitrogens with zero attached hydrogens (tertiary/aromatic N) is 1. The van der Waals surface area contributed by atoms with Crippen LogP contribution in [0.5, 0.6) is 11.5 Å². The van der Waals surface area contributed by atoms with E-state index in [9.17, 15) is 14.0 Å². The molecule has 1 fully saturated rings.